The Balaban J connectivity index is 2.41. The van der Waals surface area contributed by atoms with E-state index in [4.69, 9.17) is 0 Å². The molecular weight excluding hydrogens is 253 g/mol. The van der Waals surface area contributed by atoms with Gasteiger partial charge in [-0.15, -0.1) is 0 Å². The lowest BCUT2D eigenvalue weighted by Crippen LogP contribution is -2.37. The van der Waals surface area contributed by atoms with Crippen molar-refractivity contribution in [3.8, 4) is 0 Å². The van der Waals surface area contributed by atoms with Crippen molar-refractivity contribution in [2.75, 3.05) is 11.4 Å². The van der Waals surface area contributed by atoms with Crippen LogP contribution in [0.1, 0.15) is 61.9 Å². The molecule has 1 fully saturated rings. The Morgan fingerprint density at radius 2 is 1.95 bits per heavy atom. The first-order chi connectivity index (χ1) is 9.54. The Morgan fingerprint density at radius 1 is 1.30 bits per heavy atom. The molecule has 2 nitrogen and oxygen atoms in total. The van der Waals surface area contributed by atoms with Gasteiger partial charge in [0.25, 0.3) is 0 Å². The number of rotatable bonds is 4. The summed E-state index contributed by atoms with van der Waals surface area (Å²) in [6.45, 7) is 6.24. The van der Waals surface area contributed by atoms with Crippen LogP contribution in [0.2, 0.25) is 0 Å². The summed E-state index contributed by atoms with van der Waals surface area (Å²) in [6, 6.07) is 3.72. The van der Waals surface area contributed by atoms with Crippen molar-refractivity contribution in [2.24, 2.45) is 0 Å². The number of nitrogens with zero attached hydrogens (tertiary/aromatic N) is 1. The topological polar surface area (TPSA) is 20.3 Å². The minimum atomic E-state index is -0.293. The lowest BCUT2D eigenvalue weighted by atomic mass is 9.92. The maximum Gasteiger partial charge on any atom is 0.161 e. The molecule has 0 spiro atoms. The number of ketones is 1. The number of hydrogen-bond donors (Lipinski definition) is 0. The number of aryl methyl sites for hydroxylation is 1. The summed E-state index contributed by atoms with van der Waals surface area (Å²) in [5.41, 5.74) is 2.03. The molecule has 3 heteroatoms. The highest BCUT2D eigenvalue weighted by Crippen LogP contribution is 2.31. The van der Waals surface area contributed by atoms with Crippen LogP contribution in [0.5, 0.6) is 0 Å². The van der Waals surface area contributed by atoms with E-state index in [0.29, 0.717) is 17.2 Å². The van der Waals surface area contributed by atoms with Gasteiger partial charge in [0.1, 0.15) is 5.82 Å². The zero-order valence-corrected chi connectivity index (χ0v) is 12.7. The first-order valence-electron chi connectivity index (χ1n) is 7.62. The van der Waals surface area contributed by atoms with Crippen molar-refractivity contribution in [1.82, 2.24) is 0 Å². The maximum atomic E-state index is 13.8. The summed E-state index contributed by atoms with van der Waals surface area (Å²) in [4.78, 5) is 14.1. The quantitative estimate of drug-likeness (QED) is 0.755. The molecule has 0 unspecified atom stereocenters. The van der Waals surface area contributed by atoms with Gasteiger partial charge in [-0.2, -0.15) is 0 Å². The summed E-state index contributed by atoms with van der Waals surface area (Å²) >= 11 is 0. The highest BCUT2D eigenvalue weighted by Gasteiger charge is 2.24. The van der Waals surface area contributed by atoms with Crippen molar-refractivity contribution in [1.29, 1.82) is 0 Å². The van der Waals surface area contributed by atoms with Crippen LogP contribution >= 0.6 is 0 Å². The molecule has 1 saturated carbocycles. The van der Waals surface area contributed by atoms with Crippen LogP contribution in [-0.2, 0) is 0 Å². The van der Waals surface area contributed by atoms with E-state index >= 15 is 0 Å². The van der Waals surface area contributed by atoms with Gasteiger partial charge in [0.15, 0.2) is 5.78 Å². The van der Waals surface area contributed by atoms with E-state index in [1.54, 1.807) is 6.92 Å². The molecule has 110 valence electrons. The van der Waals surface area contributed by atoms with Crippen LogP contribution in [0.25, 0.3) is 0 Å². The number of carbonyl (C=O) groups excluding carboxylic acids is 1. The molecule has 0 saturated heterocycles. The Morgan fingerprint density at radius 3 is 2.50 bits per heavy atom. The van der Waals surface area contributed by atoms with Crippen LogP contribution in [0.15, 0.2) is 12.1 Å². The number of anilines is 1. The summed E-state index contributed by atoms with van der Waals surface area (Å²) in [6.07, 6.45) is 6.13. The largest absolute Gasteiger partial charge is 0.368 e. The van der Waals surface area contributed by atoms with E-state index in [1.165, 1.54) is 45.1 Å². The average Bonchev–Trinajstić information content (AvgIpc) is 2.44. The number of Topliss-reactive ketones (excluding diaryl/α,β-unsaturated/α-hetero) is 1. The van der Waals surface area contributed by atoms with Gasteiger partial charge in [0, 0.05) is 23.8 Å². The van der Waals surface area contributed by atoms with E-state index < -0.39 is 0 Å². The van der Waals surface area contributed by atoms with Gasteiger partial charge in [-0.1, -0.05) is 19.3 Å². The van der Waals surface area contributed by atoms with Crippen LogP contribution in [-0.4, -0.2) is 18.4 Å². The van der Waals surface area contributed by atoms with Crippen LogP contribution in [0.4, 0.5) is 10.1 Å². The summed E-state index contributed by atoms with van der Waals surface area (Å²) in [5.74, 6) is -0.355. The molecule has 0 bridgehead atoms. The molecule has 0 amide bonds. The number of benzene rings is 1. The van der Waals surface area contributed by atoms with E-state index in [2.05, 4.69) is 11.8 Å². The highest BCUT2D eigenvalue weighted by atomic mass is 19.1. The van der Waals surface area contributed by atoms with Gasteiger partial charge in [0.2, 0.25) is 0 Å². The fourth-order valence-corrected chi connectivity index (χ4v) is 3.20. The van der Waals surface area contributed by atoms with Crippen molar-refractivity contribution in [3.05, 3.63) is 29.1 Å². The first-order valence-corrected chi connectivity index (χ1v) is 7.62. The van der Waals surface area contributed by atoms with E-state index in [1.807, 2.05) is 6.07 Å². The molecule has 0 heterocycles. The summed E-state index contributed by atoms with van der Waals surface area (Å²) < 4.78 is 13.8. The molecule has 0 N–H and O–H groups in total. The van der Waals surface area contributed by atoms with Gasteiger partial charge in [0.05, 0.1) is 0 Å². The summed E-state index contributed by atoms with van der Waals surface area (Å²) in [5, 5.41) is 0. The standard InChI is InChI=1S/C17H24FNO/c1-4-19(14-8-6-5-7-9-14)17-10-12(2)16(18)11-15(17)13(3)20/h10-11,14H,4-9H2,1-3H3. The van der Waals surface area contributed by atoms with Gasteiger partial charge in [-0.3, -0.25) is 4.79 Å². The fraction of sp³-hybridized carbons (Fsp3) is 0.588. The Bertz CT molecular complexity index is 492. The molecule has 1 aromatic rings. The highest BCUT2D eigenvalue weighted by molar-refractivity contribution is 6.00. The Labute approximate surface area is 121 Å². The zero-order valence-electron chi connectivity index (χ0n) is 12.7. The van der Waals surface area contributed by atoms with Gasteiger partial charge < -0.3 is 4.90 Å². The predicted octanol–water partition coefficient (Wildman–Crippen LogP) is 4.50. The molecule has 0 aromatic heterocycles. The van der Waals surface area contributed by atoms with Crippen molar-refractivity contribution < 1.29 is 9.18 Å². The third-order valence-corrected chi connectivity index (χ3v) is 4.32. The van der Waals surface area contributed by atoms with E-state index in [9.17, 15) is 9.18 Å². The molecular formula is C17H24FNO. The third-order valence-electron chi connectivity index (χ3n) is 4.32. The van der Waals surface area contributed by atoms with Gasteiger partial charge >= 0.3 is 0 Å². The molecule has 1 aromatic carbocycles. The summed E-state index contributed by atoms with van der Waals surface area (Å²) in [7, 11) is 0. The van der Waals surface area contributed by atoms with Gasteiger partial charge in [-0.25, -0.2) is 4.39 Å². The minimum absolute atomic E-state index is 0.0619. The molecule has 0 atom stereocenters. The molecule has 2 rings (SSSR count). The van der Waals surface area contributed by atoms with E-state index in [-0.39, 0.29) is 11.6 Å². The number of halogens is 1. The lowest BCUT2D eigenvalue weighted by molar-refractivity contribution is 0.101. The maximum absolute atomic E-state index is 13.8. The molecule has 1 aliphatic carbocycles. The molecule has 0 aliphatic heterocycles. The van der Waals surface area contributed by atoms with Crippen LogP contribution in [0, 0.1) is 12.7 Å². The Hall–Kier alpha value is -1.38. The average molecular weight is 277 g/mol. The van der Waals surface area contributed by atoms with E-state index in [0.717, 1.165) is 12.2 Å². The molecule has 1 aliphatic rings. The molecule has 0 radical (unpaired) electrons. The number of hydrogen-bond acceptors (Lipinski definition) is 2. The first kappa shape index (κ1) is 15.0. The molecule has 20 heavy (non-hydrogen) atoms. The smallest absolute Gasteiger partial charge is 0.161 e. The third kappa shape index (κ3) is 3.02. The zero-order chi connectivity index (χ0) is 14.7. The van der Waals surface area contributed by atoms with Crippen LogP contribution in [0.3, 0.4) is 0 Å². The van der Waals surface area contributed by atoms with Crippen molar-refractivity contribution in [3.63, 3.8) is 0 Å². The fourth-order valence-electron chi connectivity index (χ4n) is 3.20. The normalized spacial score (nSPS) is 16.2. The second-order valence-corrected chi connectivity index (χ2v) is 5.75. The Kier molecular flexibility index (Phi) is 4.79. The number of carbonyl (C=O) groups is 1. The second-order valence-electron chi connectivity index (χ2n) is 5.75. The van der Waals surface area contributed by atoms with Crippen molar-refractivity contribution in [2.45, 2.75) is 58.9 Å². The van der Waals surface area contributed by atoms with Crippen LogP contribution < -0.4 is 4.90 Å². The monoisotopic (exact) mass is 277 g/mol. The SMILES string of the molecule is CCN(c1cc(C)c(F)cc1C(C)=O)C1CCCCC1. The second kappa shape index (κ2) is 6.38. The minimum Gasteiger partial charge on any atom is -0.368 e. The van der Waals surface area contributed by atoms with Gasteiger partial charge in [-0.05, 0) is 51.3 Å². The van der Waals surface area contributed by atoms with Crippen molar-refractivity contribution >= 4 is 11.5 Å². The lowest BCUT2D eigenvalue weighted by Gasteiger charge is -2.36. The predicted molar refractivity (Wildman–Crippen MR) is 81.0 cm³/mol.